The summed E-state index contributed by atoms with van der Waals surface area (Å²) in [4.78, 5) is 23.4. The van der Waals surface area contributed by atoms with Crippen molar-refractivity contribution in [2.75, 3.05) is 6.61 Å². The van der Waals surface area contributed by atoms with E-state index in [1.54, 1.807) is 0 Å². The molecule has 0 rings (SSSR count). The van der Waals surface area contributed by atoms with E-state index in [0.717, 1.165) is 44.9 Å². The summed E-state index contributed by atoms with van der Waals surface area (Å²) in [6.45, 7) is 4.05. The first-order chi connectivity index (χ1) is 12.2. The van der Waals surface area contributed by atoms with Gasteiger partial charge >= 0.3 is 65.1 Å². The fourth-order valence-electron chi connectivity index (χ4n) is 2.83. The Morgan fingerprint density at radius 1 is 0.857 bits per heavy atom. The molecule has 154 valence electrons. The van der Waals surface area contributed by atoms with Crippen molar-refractivity contribution in [3.63, 3.8) is 0 Å². The number of carboxylic acid groups (broad SMARTS) is 1. The number of carboxylic acids is 1. The van der Waals surface area contributed by atoms with Crippen LogP contribution in [0.5, 0.6) is 0 Å². The van der Waals surface area contributed by atoms with Crippen LogP contribution in [-0.4, -0.2) is 36.3 Å². The molecule has 0 aromatic heterocycles. The van der Waals surface area contributed by atoms with E-state index in [4.69, 9.17) is 4.74 Å². The minimum Gasteiger partial charge on any atom is -0.747 e. The second kappa shape index (κ2) is 18.6. The topological polar surface area (TPSA) is 124 Å². The quantitative estimate of drug-likeness (QED) is 0.105. The van der Waals surface area contributed by atoms with Crippen molar-refractivity contribution < 1.29 is 91.5 Å². The maximum Gasteiger partial charge on any atom is 1.00 e. The molecule has 0 heterocycles. The van der Waals surface area contributed by atoms with Gasteiger partial charge in [0.05, 0.1) is 6.61 Å². The standard InChI is InChI=1S/C18H34O7S.2Na/c1-3-5-7-9-10-11-13-18(15-16(19)20,26(22,23)24)17(21)25-14-12-8-6-4-2;;/h3-15H2,1-2H3,(H,19,20)(H,22,23,24);;/q;2*+1/p-2. The average Bonchev–Trinajstić information content (AvgIpc) is 2.55. The van der Waals surface area contributed by atoms with Crippen LogP contribution in [-0.2, 0) is 24.4 Å². The van der Waals surface area contributed by atoms with Crippen LogP contribution in [0.15, 0.2) is 0 Å². The van der Waals surface area contributed by atoms with Gasteiger partial charge in [0.1, 0.15) is 10.1 Å². The van der Waals surface area contributed by atoms with Crippen LogP contribution in [0.25, 0.3) is 0 Å². The fourth-order valence-corrected chi connectivity index (χ4v) is 3.78. The minimum atomic E-state index is -5.21. The molecule has 0 aliphatic rings. The number of unbranched alkanes of at least 4 members (excludes halogenated alkanes) is 8. The van der Waals surface area contributed by atoms with Gasteiger partial charge in [-0.3, -0.25) is 4.79 Å². The number of rotatable bonds is 16. The summed E-state index contributed by atoms with van der Waals surface area (Å²) in [6.07, 6.45) is 6.53. The minimum absolute atomic E-state index is 0. The van der Waals surface area contributed by atoms with E-state index in [2.05, 4.69) is 6.92 Å². The Labute approximate surface area is 214 Å². The summed E-state index contributed by atoms with van der Waals surface area (Å²) in [5, 5.41) is 11.0. The van der Waals surface area contributed by atoms with E-state index in [-0.39, 0.29) is 78.6 Å². The van der Waals surface area contributed by atoms with Crippen molar-refractivity contribution in [2.45, 2.75) is 95.6 Å². The van der Waals surface area contributed by atoms with Gasteiger partial charge in [-0.2, -0.15) is 0 Å². The number of aliphatic carboxylic acids is 1. The summed E-state index contributed by atoms with van der Waals surface area (Å²) >= 11 is 0. The smallest absolute Gasteiger partial charge is 0.747 e. The summed E-state index contributed by atoms with van der Waals surface area (Å²) in [5.41, 5.74) is 0. The van der Waals surface area contributed by atoms with Crippen molar-refractivity contribution >= 4 is 22.1 Å². The number of carbonyl (C=O) groups is 2. The maximum absolute atomic E-state index is 12.4. The monoisotopic (exact) mass is 438 g/mol. The van der Waals surface area contributed by atoms with Gasteiger partial charge in [0.2, 0.25) is 0 Å². The van der Waals surface area contributed by atoms with Crippen molar-refractivity contribution in [1.82, 2.24) is 0 Å². The second-order valence-corrected chi connectivity index (χ2v) is 8.40. The molecule has 0 N–H and O–H groups in total. The van der Waals surface area contributed by atoms with Crippen molar-refractivity contribution in [3.8, 4) is 0 Å². The van der Waals surface area contributed by atoms with Gasteiger partial charge in [-0.15, -0.1) is 0 Å². The molecule has 7 nitrogen and oxygen atoms in total. The third kappa shape index (κ3) is 13.2. The predicted molar refractivity (Wildman–Crippen MR) is 95.1 cm³/mol. The number of carbonyl (C=O) groups excluding carboxylic acids is 2. The van der Waals surface area contributed by atoms with E-state index in [1.807, 2.05) is 6.92 Å². The summed E-state index contributed by atoms with van der Waals surface area (Å²) in [7, 11) is -5.21. The molecule has 0 fully saturated rings. The van der Waals surface area contributed by atoms with Crippen LogP contribution in [0.1, 0.15) is 90.9 Å². The van der Waals surface area contributed by atoms with Crippen molar-refractivity contribution in [1.29, 1.82) is 0 Å². The third-order valence-electron chi connectivity index (χ3n) is 4.45. The number of hydrogen-bond acceptors (Lipinski definition) is 7. The number of esters is 1. The van der Waals surface area contributed by atoms with Gasteiger partial charge in [-0.05, 0) is 12.8 Å². The van der Waals surface area contributed by atoms with Crippen LogP contribution >= 0.6 is 0 Å². The van der Waals surface area contributed by atoms with E-state index >= 15 is 0 Å². The molecular formula is C18H32Na2O7S. The Morgan fingerprint density at radius 2 is 1.32 bits per heavy atom. The first-order valence-corrected chi connectivity index (χ1v) is 10.9. The molecule has 0 aliphatic carbocycles. The molecule has 28 heavy (non-hydrogen) atoms. The molecule has 0 aromatic carbocycles. The molecule has 0 bridgehead atoms. The predicted octanol–water partition coefficient (Wildman–Crippen LogP) is -3.71. The first-order valence-electron chi connectivity index (χ1n) is 9.53. The number of hydrogen-bond donors (Lipinski definition) is 0. The fraction of sp³-hybridized carbons (Fsp3) is 0.889. The second-order valence-electron chi connectivity index (χ2n) is 6.71. The largest absolute Gasteiger partial charge is 1.00 e. The third-order valence-corrected chi connectivity index (χ3v) is 5.92. The average molecular weight is 438 g/mol. The Kier molecular flexibility index (Phi) is 22.3. The summed E-state index contributed by atoms with van der Waals surface area (Å²) < 4.78 is 37.7. The zero-order valence-electron chi connectivity index (χ0n) is 18.0. The van der Waals surface area contributed by atoms with Crippen molar-refractivity contribution in [2.24, 2.45) is 0 Å². The SMILES string of the molecule is CCCCCCCCC(CC(=O)[O-])(C(=O)OCCCCCC)S(=O)(=O)[O-].[Na+].[Na+]. The maximum atomic E-state index is 12.4. The molecule has 1 unspecified atom stereocenters. The van der Waals surface area contributed by atoms with Gasteiger partial charge < -0.3 is 19.2 Å². The Hall–Kier alpha value is 0.850. The van der Waals surface area contributed by atoms with Crippen LogP contribution in [0, 0.1) is 0 Å². The van der Waals surface area contributed by atoms with Crippen LogP contribution in [0.2, 0.25) is 0 Å². The molecule has 1 atom stereocenters. The van der Waals surface area contributed by atoms with Gasteiger partial charge in [-0.1, -0.05) is 71.6 Å². The van der Waals surface area contributed by atoms with E-state index < -0.39 is 33.2 Å². The summed E-state index contributed by atoms with van der Waals surface area (Å²) in [5.74, 6) is -3.01. The van der Waals surface area contributed by atoms with Crippen molar-refractivity contribution in [3.05, 3.63) is 0 Å². The molecule has 0 aliphatic heterocycles. The molecule has 10 heteroatoms. The van der Waals surface area contributed by atoms with Crippen LogP contribution < -0.4 is 64.2 Å². The molecule has 0 radical (unpaired) electrons. The molecule has 0 saturated heterocycles. The molecule has 0 spiro atoms. The zero-order valence-corrected chi connectivity index (χ0v) is 22.8. The van der Waals surface area contributed by atoms with E-state index in [1.165, 1.54) is 0 Å². The van der Waals surface area contributed by atoms with Gasteiger partial charge in [0, 0.05) is 12.4 Å². The van der Waals surface area contributed by atoms with Gasteiger partial charge in [0.25, 0.3) is 0 Å². The van der Waals surface area contributed by atoms with Gasteiger partial charge in [0.15, 0.2) is 4.75 Å². The Morgan fingerprint density at radius 3 is 1.79 bits per heavy atom. The van der Waals surface area contributed by atoms with Gasteiger partial charge in [-0.25, -0.2) is 8.42 Å². The molecular weight excluding hydrogens is 406 g/mol. The van der Waals surface area contributed by atoms with E-state index in [0.29, 0.717) is 12.8 Å². The van der Waals surface area contributed by atoms with Crippen LogP contribution in [0.3, 0.4) is 0 Å². The normalized spacial score (nSPS) is 13.0. The summed E-state index contributed by atoms with van der Waals surface area (Å²) in [6, 6.07) is 0. The van der Waals surface area contributed by atoms with E-state index in [9.17, 15) is 27.7 Å². The Bertz CT molecular complexity index is 526. The first kappa shape index (κ1) is 33.5. The Balaban J connectivity index is -0.00000312. The molecule has 0 aromatic rings. The number of ether oxygens (including phenoxy) is 1. The molecule has 0 amide bonds. The molecule has 0 saturated carbocycles. The zero-order chi connectivity index (χ0) is 20.1. The van der Waals surface area contributed by atoms with Crippen LogP contribution in [0.4, 0.5) is 0 Å².